The lowest BCUT2D eigenvalue weighted by atomic mass is 10.2. The highest BCUT2D eigenvalue weighted by molar-refractivity contribution is 5.91. The van der Waals surface area contributed by atoms with Crippen molar-refractivity contribution < 1.29 is 14.3 Å². The number of nitrogens with one attached hydrogen (secondary N) is 1. The van der Waals surface area contributed by atoms with Gasteiger partial charge in [-0.1, -0.05) is 6.07 Å². The van der Waals surface area contributed by atoms with Gasteiger partial charge in [0.05, 0.1) is 6.54 Å². The predicted octanol–water partition coefficient (Wildman–Crippen LogP) is 2.00. The van der Waals surface area contributed by atoms with Crippen LogP contribution in [0.3, 0.4) is 0 Å². The minimum Gasteiger partial charge on any atom is -0.454 e. The number of amides is 1. The van der Waals surface area contributed by atoms with Gasteiger partial charge in [-0.3, -0.25) is 14.3 Å². The van der Waals surface area contributed by atoms with Gasteiger partial charge < -0.3 is 14.8 Å². The second-order valence-electron chi connectivity index (χ2n) is 7.41. The van der Waals surface area contributed by atoms with Crippen LogP contribution in [-0.2, 0) is 11.3 Å². The second-order valence-corrected chi connectivity index (χ2v) is 7.41. The average molecular weight is 419 g/mol. The first-order valence-electron chi connectivity index (χ1n) is 10.1. The van der Waals surface area contributed by atoms with Crippen molar-refractivity contribution in [1.82, 2.24) is 24.6 Å². The van der Waals surface area contributed by atoms with Crippen LogP contribution in [0.5, 0.6) is 11.5 Å². The van der Waals surface area contributed by atoms with E-state index in [2.05, 4.69) is 15.4 Å². The number of aromatic nitrogens is 4. The van der Waals surface area contributed by atoms with Gasteiger partial charge in [-0.25, -0.2) is 9.48 Å². The molecule has 1 saturated carbocycles. The quantitative estimate of drug-likeness (QED) is 0.588. The van der Waals surface area contributed by atoms with Crippen molar-refractivity contribution in [3.8, 4) is 22.9 Å². The van der Waals surface area contributed by atoms with E-state index >= 15 is 0 Å². The minimum absolute atomic E-state index is 0.161. The summed E-state index contributed by atoms with van der Waals surface area (Å²) in [5.41, 5.74) is 1.48. The molecule has 1 aliphatic heterocycles. The van der Waals surface area contributed by atoms with Crippen LogP contribution in [0.15, 0.2) is 53.6 Å². The Bertz CT molecular complexity index is 1190. The fourth-order valence-electron chi connectivity index (χ4n) is 3.45. The van der Waals surface area contributed by atoms with Crippen LogP contribution in [0.1, 0.15) is 24.4 Å². The Labute approximate surface area is 177 Å². The molecular formula is C22H21N5O4. The smallest absolute Gasteiger partial charge is 0.346 e. The summed E-state index contributed by atoms with van der Waals surface area (Å²) in [7, 11) is 0. The van der Waals surface area contributed by atoms with Crippen LogP contribution < -0.4 is 20.5 Å². The second kappa shape index (κ2) is 8.10. The van der Waals surface area contributed by atoms with Crippen LogP contribution in [0.4, 0.5) is 0 Å². The summed E-state index contributed by atoms with van der Waals surface area (Å²) in [5, 5.41) is 7.29. The number of nitrogens with zero attached hydrogens (tertiary/aromatic N) is 4. The Morgan fingerprint density at radius 3 is 2.90 bits per heavy atom. The lowest BCUT2D eigenvalue weighted by molar-refractivity contribution is -0.116. The molecule has 2 aromatic heterocycles. The zero-order valence-electron chi connectivity index (χ0n) is 16.7. The van der Waals surface area contributed by atoms with Crippen LogP contribution in [0, 0.1) is 0 Å². The van der Waals surface area contributed by atoms with Gasteiger partial charge in [0.25, 0.3) is 0 Å². The molecule has 0 saturated heterocycles. The summed E-state index contributed by atoms with van der Waals surface area (Å²) < 4.78 is 13.7. The number of benzene rings is 1. The van der Waals surface area contributed by atoms with E-state index in [9.17, 15) is 9.59 Å². The highest BCUT2D eigenvalue weighted by Gasteiger charge is 2.30. The van der Waals surface area contributed by atoms with Crippen molar-refractivity contribution in [1.29, 1.82) is 0 Å². The van der Waals surface area contributed by atoms with E-state index in [1.165, 1.54) is 10.8 Å². The molecule has 1 amide bonds. The van der Waals surface area contributed by atoms with E-state index in [0.717, 1.165) is 24.0 Å². The minimum atomic E-state index is -0.250. The summed E-state index contributed by atoms with van der Waals surface area (Å²) >= 11 is 0. The summed E-state index contributed by atoms with van der Waals surface area (Å²) in [6, 6.07) is 9.37. The normalized spacial score (nSPS) is 14.8. The zero-order chi connectivity index (χ0) is 21.2. The maximum Gasteiger partial charge on any atom is 0.346 e. The Hall–Kier alpha value is -3.88. The summed E-state index contributed by atoms with van der Waals surface area (Å²) in [6.45, 7) is 0.787. The summed E-state index contributed by atoms with van der Waals surface area (Å²) in [4.78, 5) is 29.1. The van der Waals surface area contributed by atoms with Crippen molar-refractivity contribution in [2.45, 2.75) is 25.4 Å². The Morgan fingerprint density at radius 1 is 1.23 bits per heavy atom. The molecule has 1 aliphatic carbocycles. The molecule has 0 unspecified atom stereocenters. The van der Waals surface area contributed by atoms with Crippen LogP contribution in [0.25, 0.3) is 17.5 Å². The van der Waals surface area contributed by atoms with Gasteiger partial charge in [0.1, 0.15) is 0 Å². The van der Waals surface area contributed by atoms with Gasteiger partial charge in [-0.2, -0.15) is 0 Å². The molecule has 3 heterocycles. The number of carbonyl (C=O) groups is 1. The standard InChI is InChI=1S/C22H21N5O4/c28-20(8-4-15-3-7-18-19(12-15)31-14-30-18)24-10-11-26-22(29)27(17-5-6-17)21(25-26)16-2-1-9-23-13-16/h1-4,7-9,12-13,17H,5-6,10-11,14H2,(H,24,28)/b8-4+. The molecule has 5 rings (SSSR count). The Morgan fingerprint density at radius 2 is 2.10 bits per heavy atom. The van der Waals surface area contributed by atoms with Gasteiger partial charge in [0, 0.05) is 36.6 Å². The molecule has 158 valence electrons. The number of ether oxygens (including phenoxy) is 2. The molecule has 1 fully saturated rings. The van der Waals surface area contributed by atoms with Gasteiger partial charge in [0.2, 0.25) is 12.7 Å². The predicted molar refractivity (Wildman–Crippen MR) is 113 cm³/mol. The van der Waals surface area contributed by atoms with E-state index in [-0.39, 0.29) is 31.0 Å². The van der Waals surface area contributed by atoms with E-state index in [0.29, 0.717) is 23.9 Å². The van der Waals surface area contributed by atoms with Gasteiger partial charge in [0.15, 0.2) is 17.3 Å². The van der Waals surface area contributed by atoms with E-state index in [4.69, 9.17) is 9.47 Å². The van der Waals surface area contributed by atoms with E-state index < -0.39 is 0 Å². The monoisotopic (exact) mass is 419 g/mol. The van der Waals surface area contributed by atoms with Crippen molar-refractivity contribution in [2.75, 3.05) is 13.3 Å². The maximum absolute atomic E-state index is 12.8. The topological polar surface area (TPSA) is 100 Å². The van der Waals surface area contributed by atoms with E-state index in [1.54, 1.807) is 23.0 Å². The summed E-state index contributed by atoms with van der Waals surface area (Å²) in [5.74, 6) is 1.73. The van der Waals surface area contributed by atoms with Crippen LogP contribution in [-0.4, -0.2) is 38.6 Å². The first-order valence-corrected chi connectivity index (χ1v) is 10.1. The Kier molecular flexibility index (Phi) is 4.99. The number of pyridine rings is 1. The largest absolute Gasteiger partial charge is 0.454 e. The fourth-order valence-corrected chi connectivity index (χ4v) is 3.45. The molecule has 9 nitrogen and oxygen atoms in total. The highest BCUT2D eigenvalue weighted by atomic mass is 16.7. The number of hydrogen-bond acceptors (Lipinski definition) is 6. The molecule has 0 radical (unpaired) electrons. The molecule has 31 heavy (non-hydrogen) atoms. The lowest BCUT2D eigenvalue weighted by Crippen LogP contribution is -2.31. The zero-order valence-corrected chi connectivity index (χ0v) is 16.7. The third-order valence-corrected chi connectivity index (χ3v) is 5.15. The van der Waals surface area contributed by atoms with Crippen molar-refractivity contribution in [2.24, 2.45) is 0 Å². The molecular weight excluding hydrogens is 398 g/mol. The van der Waals surface area contributed by atoms with Gasteiger partial charge >= 0.3 is 5.69 Å². The molecule has 0 spiro atoms. The van der Waals surface area contributed by atoms with Crippen molar-refractivity contribution in [3.05, 3.63) is 64.8 Å². The maximum atomic E-state index is 12.8. The molecule has 0 atom stereocenters. The molecule has 2 aliphatic rings. The molecule has 9 heteroatoms. The third kappa shape index (κ3) is 4.07. The first kappa shape index (κ1) is 19.1. The number of hydrogen-bond donors (Lipinski definition) is 1. The van der Waals surface area contributed by atoms with Crippen molar-refractivity contribution >= 4 is 12.0 Å². The average Bonchev–Trinajstić information content (AvgIpc) is 3.42. The molecule has 1 aromatic carbocycles. The number of rotatable bonds is 7. The lowest BCUT2D eigenvalue weighted by Gasteiger charge is -2.02. The van der Waals surface area contributed by atoms with Gasteiger partial charge in [-0.05, 0) is 48.7 Å². The SMILES string of the molecule is O=C(/C=C/c1ccc2c(c1)OCO2)NCCn1nc(-c2cccnc2)n(C2CC2)c1=O. The molecule has 3 aromatic rings. The van der Waals surface area contributed by atoms with E-state index in [1.807, 2.05) is 30.3 Å². The first-order chi connectivity index (χ1) is 15.2. The Balaban J connectivity index is 1.22. The highest BCUT2D eigenvalue weighted by Crippen LogP contribution is 2.36. The summed E-state index contributed by atoms with van der Waals surface area (Å²) in [6.07, 6.45) is 8.48. The molecule has 0 bridgehead atoms. The van der Waals surface area contributed by atoms with Gasteiger partial charge in [-0.15, -0.1) is 5.10 Å². The number of carbonyl (C=O) groups excluding carboxylic acids is 1. The van der Waals surface area contributed by atoms with Crippen LogP contribution in [0.2, 0.25) is 0 Å². The fraction of sp³-hybridized carbons (Fsp3) is 0.273. The van der Waals surface area contributed by atoms with Crippen LogP contribution >= 0.6 is 0 Å². The number of fused-ring (bicyclic) bond motifs is 1. The van der Waals surface area contributed by atoms with Crippen molar-refractivity contribution in [3.63, 3.8) is 0 Å². The molecule has 1 N–H and O–H groups in total. The third-order valence-electron chi connectivity index (χ3n) is 5.15.